The number of nitrogens with one attached hydrogen (secondary N) is 1. The highest BCUT2D eigenvalue weighted by Gasteiger charge is 2.27. The van der Waals surface area contributed by atoms with Crippen LogP contribution in [0.15, 0.2) is 30.3 Å². The summed E-state index contributed by atoms with van der Waals surface area (Å²) in [4.78, 5) is 8.51. The Morgan fingerprint density at radius 2 is 1.85 bits per heavy atom. The maximum Gasteiger partial charge on any atom is 0.0786 e. The van der Waals surface area contributed by atoms with Crippen LogP contribution in [-0.2, 0) is 0 Å². The van der Waals surface area contributed by atoms with Gasteiger partial charge in [0.1, 0.15) is 0 Å². The minimum absolute atomic E-state index is 0.549. The Hall–Kier alpha value is -1.61. The zero-order chi connectivity index (χ0) is 14.3. The van der Waals surface area contributed by atoms with E-state index in [0.717, 1.165) is 24.3 Å². The van der Waals surface area contributed by atoms with Gasteiger partial charge in [-0.1, -0.05) is 6.07 Å². The van der Waals surface area contributed by atoms with Crippen molar-refractivity contribution >= 4 is 16.6 Å². The molecule has 0 amide bonds. The maximum atomic E-state index is 4.64. The van der Waals surface area contributed by atoms with Crippen molar-refractivity contribution < 1.29 is 4.90 Å². The molecule has 1 unspecified atom stereocenters. The van der Waals surface area contributed by atoms with E-state index in [1.165, 1.54) is 16.0 Å². The molecule has 1 fully saturated rings. The molecule has 1 N–H and O–H groups in total. The molecule has 0 radical (unpaired) electrons. The number of aromatic nitrogens is 1. The molecule has 3 heteroatoms. The Morgan fingerprint density at radius 1 is 1.15 bits per heavy atom. The molecular formula is C17H23N3. The van der Waals surface area contributed by atoms with Crippen LogP contribution < -0.4 is 9.80 Å². The van der Waals surface area contributed by atoms with Crippen molar-refractivity contribution in [3.05, 3.63) is 43.1 Å². The standard InChI is InChI=1S/C17H23N3/c1-12-8-9-15-16(18-12)6-5-7-17(15)20-10-13(2)19(4)14(3)11-20/h5-9,13-14,19H,4,10-11H2,1-3H3/t13-,14+. The van der Waals surface area contributed by atoms with E-state index in [0.29, 0.717) is 12.1 Å². The molecule has 3 atom stereocenters. The molecule has 1 aromatic heterocycles. The Balaban J connectivity index is 2.02. The first-order valence-corrected chi connectivity index (χ1v) is 7.36. The third kappa shape index (κ3) is 2.27. The van der Waals surface area contributed by atoms with Gasteiger partial charge in [-0.25, -0.2) is 0 Å². The zero-order valence-corrected chi connectivity index (χ0v) is 12.6. The van der Waals surface area contributed by atoms with Crippen LogP contribution in [0.4, 0.5) is 5.69 Å². The van der Waals surface area contributed by atoms with Crippen molar-refractivity contribution in [1.29, 1.82) is 0 Å². The van der Waals surface area contributed by atoms with Gasteiger partial charge in [-0.05, 0) is 45.0 Å². The fourth-order valence-electron chi connectivity index (χ4n) is 3.17. The SMILES string of the molecule is [CH2-][NH+]1[C@H](C)CN(c2cccc3nc(C)ccc23)C[C@@H]1C. The van der Waals surface area contributed by atoms with E-state index < -0.39 is 0 Å². The van der Waals surface area contributed by atoms with E-state index in [2.05, 4.69) is 61.1 Å². The molecule has 2 heterocycles. The summed E-state index contributed by atoms with van der Waals surface area (Å²) in [5.74, 6) is 0. The van der Waals surface area contributed by atoms with Crippen molar-refractivity contribution in [2.75, 3.05) is 18.0 Å². The van der Waals surface area contributed by atoms with E-state index in [1.807, 2.05) is 6.92 Å². The fourth-order valence-corrected chi connectivity index (χ4v) is 3.17. The second-order valence-electron chi connectivity index (χ2n) is 6.08. The lowest BCUT2D eigenvalue weighted by Gasteiger charge is -2.45. The molecule has 0 spiro atoms. The van der Waals surface area contributed by atoms with Gasteiger partial charge in [0.2, 0.25) is 0 Å². The van der Waals surface area contributed by atoms with E-state index in [4.69, 9.17) is 0 Å². The minimum Gasteiger partial charge on any atom is -0.460 e. The summed E-state index contributed by atoms with van der Waals surface area (Å²) in [5.41, 5.74) is 3.47. The van der Waals surface area contributed by atoms with Crippen LogP contribution in [0.3, 0.4) is 0 Å². The first-order chi connectivity index (χ1) is 9.56. The Kier molecular flexibility index (Phi) is 3.38. The second-order valence-corrected chi connectivity index (χ2v) is 6.08. The quantitative estimate of drug-likeness (QED) is 0.797. The lowest BCUT2D eigenvalue weighted by Crippen LogP contribution is -3.17. The molecule has 106 valence electrons. The number of quaternary nitrogens is 1. The largest absolute Gasteiger partial charge is 0.460 e. The van der Waals surface area contributed by atoms with E-state index in [9.17, 15) is 0 Å². The average molecular weight is 269 g/mol. The number of aryl methyl sites for hydroxylation is 1. The lowest BCUT2D eigenvalue weighted by molar-refractivity contribution is -0.903. The Labute approximate surface area is 121 Å². The fraction of sp³-hybridized carbons (Fsp3) is 0.412. The van der Waals surface area contributed by atoms with Crippen molar-refractivity contribution in [2.45, 2.75) is 32.9 Å². The van der Waals surface area contributed by atoms with Gasteiger partial charge < -0.3 is 9.80 Å². The predicted molar refractivity (Wildman–Crippen MR) is 83.9 cm³/mol. The third-order valence-corrected chi connectivity index (χ3v) is 4.44. The molecule has 3 nitrogen and oxygen atoms in total. The number of piperazine rings is 1. The highest BCUT2D eigenvalue weighted by Crippen LogP contribution is 2.26. The van der Waals surface area contributed by atoms with Gasteiger partial charge >= 0.3 is 0 Å². The summed E-state index contributed by atoms with van der Waals surface area (Å²) in [6.07, 6.45) is 0. The summed E-state index contributed by atoms with van der Waals surface area (Å²) < 4.78 is 0. The van der Waals surface area contributed by atoms with Gasteiger partial charge in [0.15, 0.2) is 0 Å². The van der Waals surface area contributed by atoms with Crippen molar-refractivity contribution in [3.8, 4) is 0 Å². The summed E-state index contributed by atoms with van der Waals surface area (Å²) in [5, 5.41) is 1.25. The molecule has 20 heavy (non-hydrogen) atoms. The van der Waals surface area contributed by atoms with Crippen LogP contribution in [0, 0.1) is 14.0 Å². The van der Waals surface area contributed by atoms with Gasteiger partial charge in [-0.15, -0.1) is 0 Å². The number of benzene rings is 1. The average Bonchev–Trinajstić information content (AvgIpc) is 2.43. The number of hydrogen-bond donors (Lipinski definition) is 1. The molecular weight excluding hydrogens is 246 g/mol. The van der Waals surface area contributed by atoms with Crippen LogP contribution in [-0.4, -0.2) is 30.2 Å². The molecule has 2 aromatic rings. The monoisotopic (exact) mass is 269 g/mol. The molecule has 3 rings (SSSR count). The van der Waals surface area contributed by atoms with Crippen LogP contribution in [0.2, 0.25) is 0 Å². The second kappa shape index (κ2) is 5.06. The van der Waals surface area contributed by atoms with Gasteiger partial charge in [0, 0.05) is 16.8 Å². The van der Waals surface area contributed by atoms with Crippen molar-refractivity contribution in [1.82, 2.24) is 4.98 Å². The van der Waals surface area contributed by atoms with Crippen LogP contribution in [0.25, 0.3) is 10.9 Å². The zero-order valence-electron chi connectivity index (χ0n) is 12.6. The van der Waals surface area contributed by atoms with Crippen LogP contribution >= 0.6 is 0 Å². The Bertz CT molecular complexity index is 611. The summed E-state index contributed by atoms with van der Waals surface area (Å²) in [6, 6.07) is 11.8. The Morgan fingerprint density at radius 3 is 2.55 bits per heavy atom. The third-order valence-electron chi connectivity index (χ3n) is 4.44. The first kappa shape index (κ1) is 13.4. The topological polar surface area (TPSA) is 20.6 Å². The number of rotatable bonds is 1. The molecule has 0 aliphatic carbocycles. The van der Waals surface area contributed by atoms with E-state index in [-0.39, 0.29) is 0 Å². The van der Waals surface area contributed by atoms with E-state index in [1.54, 1.807) is 0 Å². The van der Waals surface area contributed by atoms with Crippen LogP contribution in [0.5, 0.6) is 0 Å². The van der Waals surface area contributed by atoms with Crippen LogP contribution in [0.1, 0.15) is 19.5 Å². The molecule has 0 saturated carbocycles. The number of fused-ring (bicyclic) bond motifs is 1. The summed E-state index contributed by atoms with van der Waals surface area (Å²) in [7, 11) is 4.24. The predicted octanol–water partition coefficient (Wildman–Crippen LogP) is 1.82. The highest BCUT2D eigenvalue weighted by atomic mass is 15.3. The minimum atomic E-state index is 0.549. The molecule has 1 aliphatic rings. The van der Waals surface area contributed by atoms with Crippen molar-refractivity contribution in [3.63, 3.8) is 0 Å². The van der Waals surface area contributed by atoms with E-state index >= 15 is 0 Å². The first-order valence-electron chi connectivity index (χ1n) is 7.36. The highest BCUT2D eigenvalue weighted by molar-refractivity contribution is 5.92. The number of nitrogens with zero attached hydrogens (tertiary/aromatic N) is 2. The molecule has 1 aromatic carbocycles. The summed E-state index contributed by atoms with van der Waals surface area (Å²) >= 11 is 0. The normalized spacial score (nSPS) is 27.0. The van der Waals surface area contributed by atoms with Gasteiger partial charge in [0.25, 0.3) is 0 Å². The number of anilines is 1. The number of pyridine rings is 1. The van der Waals surface area contributed by atoms with Gasteiger partial charge in [0.05, 0.1) is 30.7 Å². The lowest BCUT2D eigenvalue weighted by atomic mass is 10.1. The number of hydrogen-bond acceptors (Lipinski definition) is 2. The maximum absolute atomic E-state index is 4.64. The smallest absolute Gasteiger partial charge is 0.0786 e. The molecule has 1 aliphatic heterocycles. The molecule has 1 saturated heterocycles. The molecule has 0 bridgehead atoms. The van der Waals surface area contributed by atoms with Gasteiger partial charge in [-0.2, -0.15) is 7.05 Å². The van der Waals surface area contributed by atoms with Crippen molar-refractivity contribution in [2.24, 2.45) is 0 Å². The summed E-state index contributed by atoms with van der Waals surface area (Å²) in [6.45, 7) is 8.70. The van der Waals surface area contributed by atoms with Gasteiger partial charge in [-0.3, -0.25) is 4.98 Å².